The van der Waals surface area contributed by atoms with Crippen LogP contribution >= 0.6 is 0 Å². The average molecular weight is 296 g/mol. The zero-order valence-electron chi connectivity index (χ0n) is 11.4. The monoisotopic (exact) mass is 296 g/mol. The summed E-state index contributed by atoms with van der Waals surface area (Å²) >= 11 is 0. The van der Waals surface area contributed by atoms with Gasteiger partial charge in [-0.1, -0.05) is 36.4 Å². The van der Waals surface area contributed by atoms with Gasteiger partial charge in [-0.15, -0.1) is 0 Å². The quantitative estimate of drug-likeness (QED) is 0.771. The standard InChI is InChI=1S/C16H12N2O4/c19-15(20)12-8-4-7-11-14(16(21)22)17-13(18(11)12)9-10-5-2-1-3-6-10/h1-8H,9H2,(H,19,20)(H,21,22). The Bertz CT molecular complexity index is 868. The van der Waals surface area contributed by atoms with Crippen molar-refractivity contribution in [1.29, 1.82) is 0 Å². The van der Waals surface area contributed by atoms with Crippen LogP contribution in [0.4, 0.5) is 0 Å². The zero-order chi connectivity index (χ0) is 15.7. The molecular weight excluding hydrogens is 284 g/mol. The van der Waals surface area contributed by atoms with Crippen molar-refractivity contribution in [3.05, 3.63) is 71.3 Å². The number of carboxylic acids is 2. The number of benzene rings is 1. The molecule has 0 bridgehead atoms. The highest BCUT2D eigenvalue weighted by atomic mass is 16.4. The first-order valence-electron chi connectivity index (χ1n) is 6.59. The maximum atomic E-state index is 11.4. The number of nitrogens with zero attached hydrogens (tertiary/aromatic N) is 2. The minimum absolute atomic E-state index is 0.0107. The molecule has 0 saturated carbocycles. The molecule has 6 heteroatoms. The Hall–Kier alpha value is -3.15. The molecule has 0 radical (unpaired) electrons. The van der Waals surface area contributed by atoms with Crippen LogP contribution in [0.2, 0.25) is 0 Å². The normalized spacial score (nSPS) is 10.7. The molecule has 2 heterocycles. The fourth-order valence-electron chi connectivity index (χ4n) is 2.43. The second kappa shape index (κ2) is 5.33. The Balaban J connectivity index is 2.24. The van der Waals surface area contributed by atoms with E-state index < -0.39 is 11.9 Å². The molecule has 0 spiro atoms. The van der Waals surface area contributed by atoms with E-state index in [9.17, 15) is 19.8 Å². The molecule has 0 saturated heterocycles. The Morgan fingerprint density at radius 1 is 0.955 bits per heavy atom. The number of aromatic nitrogens is 2. The Morgan fingerprint density at radius 3 is 2.32 bits per heavy atom. The van der Waals surface area contributed by atoms with Gasteiger partial charge < -0.3 is 10.2 Å². The molecule has 2 aromatic heterocycles. The minimum atomic E-state index is -1.18. The minimum Gasteiger partial charge on any atom is -0.477 e. The van der Waals surface area contributed by atoms with Crippen LogP contribution < -0.4 is 0 Å². The second-order valence-electron chi connectivity index (χ2n) is 4.78. The summed E-state index contributed by atoms with van der Waals surface area (Å²) in [7, 11) is 0. The number of hydrogen-bond acceptors (Lipinski definition) is 3. The number of imidazole rings is 1. The van der Waals surface area contributed by atoms with E-state index in [1.54, 1.807) is 6.07 Å². The van der Waals surface area contributed by atoms with Gasteiger partial charge in [0.15, 0.2) is 5.69 Å². The van der Waals surface area contributed by atoms with Gasteiger partial charge in [0.1, 0.15) is 11.5 Å². The van der Waals surface area contributed by atoms with Crippen molar-refractivity contribution in [2.75, 3.05) is 0 Å². The van der Waals surface area contributed by atoms with Gasteiger partial charge in [0.25, 0.3) is 0 Å². The molecule has 2 N–H and O–H groups in total. The van der Waals surface area contributed by atoms with E-state index in [1.807, 2.05) is 30.3 Å². The summed E-state index contributed by atoms with van der Waals surface area (Å²) in [4.78, 5) is 26.9. The number of rotatable bonds is 4. The van der Waals surface area contributed by atoms with Gasteiger partial charge in [-0.05, 0) is 17.7 Å². The van der Waals surface area contributed by atoms with E-state index in [4.69, 9.17) is 0 Å². The second-order valence-corrected chi connectivity index (χ2v) is 4.78. The third kappa shape index (κ3) is 2.31. The van der Waals surface area contributed by atoms with Crippen molar-refractivity contribution >= 4 is 17.5 Å². The average Bonchev–Trinajstić information content (AvgIpc) is 2.87. The number of aromatic carboxylic acids is 2. The van der Waals surface area contributed by atoms with Crippen molar-refractivity contribution < 1.29 is 19.8 Å². The first-order chi connectivity index (χ1) is 10.6. The molecule has 22 heavy (non-hydrogen) atoms. The van der Waals surface area contributed by atoms with Gasteiger partial charge >= 0.3 is 11.9 Å². The molecule has 0 unspecified atom stereocenters. The summed E-state index contributed by atoms with van der Waals surface area (Å²) in [5.41, 5.74) is 1.04. The van der Waals surface area contributed by atoms with Gasteiger partial charge in [0.05, 0.1) is 5.52 Å². The Labute approximate surface area is 125 Å². The SMILES string of the molecule is O=C(O)c1nc(Cc2ccccc2)n2c(C(=O)O)cccc12. The molecule has 6 nitrogen and oxygen atoms in total. The lowest BCUT2D eigenvalue weighted by molar-refractivity contribution is 0.0678. The van der Waals surface area contributed by atoms with Gasteiger partial charge in [-0.3, -0.25) is 4.40 Å². The van der Waals surface area contributed by atoms with Gasteiger partial charge in [-0.25, -0.2) is 14.6 Å². The van der Waals surface area contributed by atoms with Crippen LogP contribution in [0.15, 0.2) is 48.5 Å². The highest BCUT2D eigenvalue weighted by molar-refractivity contribution is 5.95. The van der Waals surface area contributed by atoms with Crippen molar-refractivity contribution in [1.82, 2.24) is 9.38 Å². The number of carboxylic acid groups (broad SMARTS) is 2. The summed E-state index contributed by atoms with van der Waals surface area (Å²) in [6, 6.07) is 13.9. The lowest BCUT2D eigenvalue weighted by atomic mass is 10.1. The molecule has 0 aliphatic carbocycles. The van der Waals surface area contributed by atoms with Gasteiger partial charge in [0, 0.05) is 6.42 Å². The molecule has 3 aromatic rings. The smallest absolute Gasteiger partial charge is 0.356 e. The highest BCUT2D eigenvalue weighted by Gasteiger charge is 2.20. The van der Waals surface area contributed by atoms with Crippen molar-refractivity contribution in [3.8, 4) is 0 Å². The van der Waals surface area contributed by atoms with Crippen LogP contribution in [0.5, 0.6) is 0 Å². The van der Waals surface area contributed by atoms with Gasteiger partial charge in [-0.2, -0.15) is 0 Å². The predicted molar refractivity (Wildman–Crippen MR) is 78.4 cm³/mol. The summed E-state index contributed by atoms with van der Waals surface area (Å²) < 4.78 is 1.39. The number of hydrogen-bond donors (Lipinski definition) is 2. The largest absolute Gasteiger partial charge is 0.477 e. The van der Waals surface area contributed by atoms with E-state index >= 15 is 0 Å². The molecule has 0 fully saturated rings. The van der Waals surface area contributed by atoms with Crippen LogP contribution in [-0.4, -0.2) is 31.5 Å². The lowest BCUT2D eigenvalue weighted by Crippen LogP contribution is -2.08. The molecule has 0 aliphatic heterocycles. The third-order valence-electron chi connectivity index (χ3n) is 3.36. The first-order valence-corrected chi connectivity index (χ1v) is 6.59. The van der Waals surface area contributed by atoms with Crippen LogP contribution in [0.1, 0.15) is 32.4 Å². The summed E-state index contributed by atoms with van der Waals surface area (Å²) in [5, 5.41) is 18.6. The predicted octanol–water partition coefficient (Wildman–Crippen LogP) is 2.32. The number of carbonyl (C=O) groups is 2. The lowest BCUT2D eigenvalue weighted by Gasteiger charge is -2.05. The van der Waals surface area contributed by atoms with Crippen LogP contribution in [0, 0.1) is 0 Å². The maximum Gasteiger partial charge on any atom is 0.356 e. The van der Waals surface area contributed by atoms with Crippen molar-refractivity contribution in [2.45, 2.75) is 6.42 Å². The first kappa shape index (κ1) is 13.8. The molecule has 1 aromatic carbocycles. The van der Waals surface area contributed by atoms with Crippen molar-refractivity contribution in [2.24, 2.45) is 0 Å². The highest BCUT2D eigenvalue weighted by Crippen LogP contribution is 2.19. The van der Waals surface area contributed by atoms with Crippen LogP contribution in [-0.2, 0) is 6.42 Å². The third-order valence-corrected chi connectivity index (χ3v) is 3.36. The molecule has 0 aliphatic rings. The summed E-state index contributed by atoms with van der Waals surface area (Å²) in [6.07, 6.45) is 0.347. The van der Waals surface area contributed by atoms with Gasteiger partial charge in [0.2, 0.25) is 0 Å². The van der Waals surface area contributed by atoms with E-state index in [-0.39, 0.29) is 16.9 Å². The molecule has 0 amide bonds. The fourth-order valence-corrected chi connectivity index (χ4v) is 2.43. The fraction of sp³-hybridized carbons (Fsp3) is 0.0625. The van der Waals surface area contributed by atoms with E-state index in [2.05, 4.69) is 4.98 Å². The number of fused-ring (bicyclic) bond motifs is 1. The zero-order valence-corrected chi connectivity index (χ0v) is 11.4. The molecule has 3 rings (SSSR count). The topological polar surface area (TPSA) is 91.9 Å². The van der Waals surface area contributed by atoms with Crippen LogP contribution in [0.25, 0.3) is 5.52 Å². The van der Waals surface area contributed by atoms with Crippen LogP contribution in [0.3, 0.4) is 0 Å². The molecule has 110 valence electrons. The van der Waals surface area contributed by atoms with E-state index in [0.717, 1.165) is 5.56 Å². The van der Waals surface area contributed by atoms with Crippen molar-refractivity contribution in [3.63, 3.8) is 0 Å². The Kier molecular flexibility index (Phi) is 3.34. The number of pyridine rings is 1. The molecule has 0 atom stereocenters. The summed E-state index contributed by atoms with van der Waals surface area (Å²) in [5.74, 6) is -1.93. The van der Waals surface area contributed by atoms with E-state index in [1.165, 1.54) is 16.5 Å². The Morgan fingerprint density at radius 2 is 1.68 bits per heavy atom. The maximum absolute atomic E-state index is 11.4. The van der Waals surface area contributed by atoms with E-state index in [0.29, 0.717) is 12.2 Å². The summed E-state index contributed by atoms with van der Waals surface area (Å²) in [6.45, 7) is 0. The molecular formula is C16H12N2O4.